The minimum atomic E-state index is -0.511. The van der Waals surface area contributed by atoms with E-state index >= 15 is 0 Å². The molecular formula is C16H16N2O2. The Bertz CT molecular complexity index is 627. The van der Waals surface area contributed by atoms with Gasteiger partial charge in [0.15, 0.2) is 6.10 Å². The van der Waals surface area contributed by atoms with Crippen molar-refractivity contribution in [2.75, 3.05) is 4.90 Å². The summed E-state index contributed by atoms with van der Waals surface area (Å²) in [7, 11) is 0. The molecule has 2 aromatic rings. The van der Waals surface area contributed by atoms with Gasteiger partial charge in [0.2, 0.25) is 5.88 Å². The van der Waals surface area contributed by atoms with E-state index < -0.39 is 6.10 Å². The van der Waals surface area contributed by atoms with E-state index in [2.05, 4.69) is 4.98 Å². The average Bonchev–Trinajstić information content (AvgIpc) is 2.49. The fourth-order valence-corrected chi connectivity index (χ4v) is 2.47. The number of nitrogens with zero attached hydrogens (tertiary/aromatic N) is 2. The highest BCUT2D eigenvalue weighted by atomic mass is 16.5. The van der Waals surface area contributed by atoms with Crippen LogP contribution in [-0.4, -0.2) is 17.0 Å². The fraction of sp³-hybridized carbons (Fsp3) is 0.250. The Labute approximate surface area is 118 Å². The van der Waals surface area contributed by atoms with Gasteiger partial charge < -0.3 is 4.74 Å². The highest BCUT2D eigenvalue weighted by Gasteiger charge is 2.35. The zero-order valence-corrected chi connectivity index (χ0v) is 11.5. The first-order valence-electron chi connectivity index (χ1n) is 6.68. The molecule has 102 valence electrons. The van der Waals surface area contributed by atoms with Crippen LogP contribution >= 0.6 is 0 Å². The van der Waals surface area contributed by atoms with E-state index in [0.717, 1.165) is 11.3 Å². The van der Waals surface area contributed by atoms with Crippen molar-refractivity contribution >= 4 is 11.6 Å². The number of rotatable bonds is 2. The third-order valence-corrected chi connectivity index (χ3v) is 3.55. The molecule has 0 spiro atoms. The standard InChI is InChI=1S/C16H16N2O2/c1-11(13-7-4-3-5-8-13)18-14-9-6-10-17-15(14)20-12(2)16(18)19/h3-12H,1-2H3/t11-,12+/m0/s1. The number of carbonyl (C=O) groups excluding carboxylic acids is 1. The van der Waals surface area contributed by atoms with Crippen LogP contribution < -0.4 is 9.64 Å². The molecule has 1 amide bonds. The first kappa shape index (κ1) is 12.7. The third-order valence-electron chi connectivity index (χ3n) is 3.55. The molecule has 2 atom stereocenters. The minimum Gasteiger partial charge on any atom is -0.463 e. The van der Waals surface area contributed by atoms with Crippen LogP contribution in [0.4, 0.5) is 5.69 Å². The van der Waals surface area contributed by atoms with Gasteiger partial charge in [0.1, 0.15) is 5.69 Å². The Morgan fingerprint density at radius 2 is 1.95 bits per heavy atom. The highest BCUT2D eigenvalue weighted by molar-refractivity contribution is 5.99. The number of pyridine rings is 1. The van der Waals surface area contributed by atoms with Crippen LogP contribution in [0.15, 0.2) is 48.7 Å². The lowest BCUT2D eigenvalue weighted by molar-refractivity contribution is -0.126. The normalized spacial score (nSPS) is 19.2. The number of amides is 1. The Morgan fingerprint density at radius 1 is 1.20 bits per heavy atom. The SMILES string of the molecule is C[C@H]1Oc2ncccc2N([C@@H](C)c2ccccc2)C1=O. The molecule has 20 heavy (non-hydrogen) atoms. The quantitative estimate of drug-likeness (QED) is 0.841. The average molecular weight is 268 g/mol. The highest BCUT2D eigenvalue weighted by Crippen LogP contribution is 2.37. The molecule has 1 aromatic heterocycles. The maximum absolute atomic E-state index is 12.5. The van der Waals surface area contributed by atoms with E-state index in [1.54, 1.807) is 18.0 Å². The maximum Gasteiger partial charge on any atom is 0.268 e. The van der Waals surface area contributed by atoms with Crippen LogP contribution in [0.5, 0.6) is 5.88 Å². The molecule has 0 saturated heterocycles. The summed E-state index contributed by atoms with van der Waals surface area (Å²) < 4.78 is 5.56. The molecule has 0 bridgehead atoms. The first-order chi connectivity index (χ1) is 9.68. The molecule has 0 radical (unpaired) electrons. The van der Waals surface area contributed by atoms with Gasteiger partial charge in [0.25, 0.3) is 5.91 Å². The summed E-state index contributed by atoms with van der Waals surface area (Å²) >= 11 is 0. The Morgan fingerprint density at radius 3 is 2.70 bits per heavy atom. The van der Waals surface area contributed by atoms with Gasteiger partial charge in [-0.15, -0.1) is 0 Å². The van der Waals surface area contributed by atoms with Gasteiger partial charge in [-0.1, -0.05) is 30.3 Å². The summed E-state index contributed by atoms with van der Waals surface area (Å²) in [6.07, 6.45) is 1.16. The molecule has 0 N–H and O–H groups in total. The molecule has 1 aliphatic heterocycles. The number of aromatic nitrogens is 1. The summed E-state index contributed by atoms with van der Waals surface area (Å²) in [5.41, 5.74) is 1.82. The molecular weight excluding hydrogens is 252 g/mol. The summed E-state index contributed by atoms with van der Waals surface area (Å²) in [5, 5.41) is 0. The predicted molar refractivity (Wildman–Crippen MR) is 76.7 cm³/mol. The zero-order chi connectivity index (χ0) is 14.1. The lowest BCUT2D eigenvalue weighted by atomic mass is 10.0. The molecule has 4 nitrogen and oxygen atoms in total. The number of anilines is 1. The van der Waals surface area contributed by atoms with Crippen molar-refractivity contribution in [3.05, 3.63) is 54.2 Å². The number of carbonyl (C=O) groups is 1. The van der Waals surface area contributed by atoms with Gasteiger partial charge in [0.05, 0.1) is 6.04 Å². The molecule has 3 rings (SSSR count). The van der Waals surface area contributed by atoms with Crippen molar-refractivity contribution in [3.8, 4) is 5.88 Å². The van der Waals surface area contributed by atoms with Gasteiger partial charge in [0, 0.05) is 6.20 Å². The summed E-state index contributed by atoms with van der Waals surface area (Å²) in [4.78, 5) is 18.5. The van der Waals surface area contributed by atoms with Crippen molar-refractivity contribution in [1.82, 2.24) is 4.98 Å². The molecule has 0 unspecified atom stereocenters. The number of ether oxygens (including phenoxy) is 1. The van der Waals surface area contributed by atoms with Crippen molar-refractivity contribution in [2.24, 2.45) is 0 Å². The van der Waals surface area contributed by atoms with Crippen LogP contribution in [0.3, 0.4) is 0 Å². The molecule has 0 aliphatic carbocycles. The zero-order valence-electron chi connectivity index (χ0n) is 11.5. The maximum atomic E-state index is 12.5. The first-order valence-corrected chi connectivity index (χ1v) is 6.68. The Balaban J connectivity index is 2.05. The van der Waals surface area contributed by atoms with E-state index in [4.69, 9.17) is 4.74 Å². The van der Waals surface area contributed by atoms with Crippen LogP contribution in [0, 0.1) is 0 Å². The van der Waals surface area contributed by atoms with Crippen molar-refractivity contribution < 1.29 is 9.53 Å². The van der Waals surface area contributed by atoms with E-state index in [1.807, 2.05) is 49.4 Å². The Kier molecular flexibility index (Phi) is 3.14. The summed E-state index contributed by atoms with van der Waals surface area (Å²) in [6, 6.07) is 13.6. The minimum absolute atomic E-state index is 0.0400. The second-order valence-electron chi connectivity index (χ2n) is 4.88. The second-order valence-corrected chi connectivity index (χ2v) is 4.88. The van der Waals surface area contributed by atoms with Crippen LogP contribution in [-0.2, 0) is 4.79 Å². The van der Waals surface area contributed by atoms with E-state index in [1.165, 1.54) is 0 Å². The molecule has 1 aromatic carbocycles. The van der Waals surface area contributed by atoms with E-state index in [9.17, 15) is 4.79 Å². The molecule has 0 fully saturated rings. The number of hydrogen-bond donors (Lipinski definition) is 0. The van der Waals surface area contributed by atoms with Crippen molar-refractivity contribution in [1.29, 1.82) is 0 Å². The van der Waals surface area contributed by atoms with Crippen molar-refractivity contribution in [3.63, 3.8) is 0 Å². The van der Waals surface area contributed by atoms with Crippen LogP contribution in [0.2, 0.25) is 0 Å². The lowest BCUT2D eigenvalue weighted by Gasteiger charge is -2.36. The lowest BCUT2D eigenvalue weighted by Crippen LogP contribution is -2.45. The predicted octanol–water partition coefficient (Wildman–Crippen LogP) is 2.96. The molecule has 1 aliphatic rings. The number of benzene rings is 1. The smallest absolute Gasteiger partial charge is 0.268 e. The van der Waals surface area contributed by atoms with Gasteiger partial charge in [-0.2, -0.15) is 0 Å². The third kappa shape index (κ3) is 2.03. The van der Waals surface area contributed by atoms with Gasteiger partial charge in [-0.25, -0.2) is 4.98 Å². The second kappa shape index (κ2) is 4.96. The van der Waals surface area contributed by atoms with Gasteiger partial charge in [-0.05, 0) is 31.5 Å². The molecule has 4 heteroatoms. The van der Waals surface area contributed by atoms with Gasteiger partial charge >= 0.3 is 0 Å². The Hall–Kier alpha value is -2.36. The number of hydrogen-bond acceptors (Lipinski definition) is 3. The largest absolute Gasteiger partial charge is 0.463 e. The van der Waals surface area contributed by atoms with E-state index in [-0.39, 0.29) is 11.9 Å². The summed E-state index contributed by atoms with van der Waals surface area (Å²) in [6.45, 7) is 3.77. The number of fused-ring (bicyclic) bond motifs is 1. The fourth-order valence-electron chi connectivity index (χ4n) is 2.47. The topological polar surface area (TPSA) is 42.4 Å². The summed E-state index contributed by atoms with van der Waals surface area (Å²) in [5.74, 6) is 0.476. The molecule has 0 saturated carbocycles. The van der Waals surface area contributed by atoms with Gasteiger partial charge in [-0.3, -0.25) is 9.69 Å². The van der Waals surface area contributed by atoms with Crippen LogP contribution in [0.1, 0.15) is 25.5 Å². The van der Waals surface area contributed by atoms with E-state index in [0.29, 0.717) is 5.88 Å². The molecule has 2 heterocycles. The monoisotopic (exact) mass is 268 g/mol. The van der Waals surface area contributed by atoms with Crippen LogP contribution in [0.25, 0.3) is 0 Å². The van der Waals surface area contributed by atoms with Crippen molar-refractivity contribution in [2.45, 2.75) is 26.0 Å².